The van der Waals surface area contributed by atoms with E-state index in [4.69, 9.17) is 4.74 Å². The quantitative estimate of drug-likeness (QED) is 0.883. The van der Waals surface area contributed by atoms with E-state index < -0.39 is 0 Å². The highest BCUT2D eigenvalue weighted by Gasteiger charge is 2.14. The van der Waals surface area contributed by atoms with Crippen molar-refractivity contribution in [2.24, 2.45) is 0 Å². The van der Waals surface area contributed by atoms with Gasteiger partial charge in [0.2, 0.25) is 5.13 Å². The van der Waals surface area contributed by atoms with E-state index in [2.05, 4.69) is 36.7 Å². The molecule has 0 amide bonds. The number of nitrogens with one attached hydrogen (secondary N) is 1. The average molecular weight is 319 g/mol. The Morgan fingerprint density at radius 3 is 2.86 bits per heavy atom. The molecule has 0 saturated carbocycles. The van der Waals surface area contributed by atoms with Crippen molar-refractivity contribution in [2.75, 3.05) is 30.4 Å². The number of nitrogens with zero attached hydrogens (tertiary/aromatic N) is 4. The van der Waals surface area contributed by atoms with Gasteiger partial charge in [-0.05, 0) is 37.5 Å². The number of anilines is 2. The first kappa shape index (κ1) is 15.2. The number of rotatable bonds is 6. The molecule has 0 bridgehead atoms. The first-order chi connectivity index (χ1) is 10.7. The zero-order chi connectivity index (χ0) is 15.4. The third kappa shape index (κ3) is 3.72. The van der Waals surface area contributed by atoms with E-state index in [9.17, 15) is 0 Å². The predicted octanol–water partition coefficient (Wildman–Crippen LogP) is 2.60. The maximum Gasteiger partial charge on any atom is 0.202 e. The van der Waals surface area contributed by atoms with Crippen LogP contribution in [-0.4, -0.2) is 34.5 Å². The van der Waals surface area contributed by atoms with E-state index in [1.165, 1.54) is 29.9 Å². The average Bonchev–Trinajstić information content (AvgIpc) is 3.17. The lowest BCUT2D eigenvalue weighted by Crippen LogP contribution is -2.19. The zero-order valence-electron chi connectivity index (χ0n) is 13.0. The van der Waals surface area contributed by atoms with Gasteiger partial charge in [0, 0.05) is 44.0 Å². The molecular weight excluding hydrogens is 298 g/mol. The van der Waals surface area contributed by atoms with Gasteiger partial charge in [-0.2, -0.15) is 4.37 Å². The Balaban J connectivity index is 1.66. The number of pyridine rings is 1. The Kier molecular flexibility index (Phi) is 4.84. The molecule has 0 aliphatic carbocycles. The largest absolute Gasteiger partial charge is 0.377 e. The van der Waals surface area contributed by atoms with Crippen LogP contribution in [0.4, 0.5) is 10.9 Å². The van der Waals surface area contributed by atoms with Crippen molar-refractivity contribution < 1.29 is 4.74 Å². The van der Waals surface area contributed by atoms with Crippen LogP contribution in [0.25, 0.3) is 0 Å². The summed E-state index contributed by atoms with van der Waals surface area (Å²) in [5.74, 6) is 1.81. The molecule has 22 heavy (non-hydrogen) atoms. The molecule has 0 unspecified atom stereocenters. The lowest BCUT2D eigenvalue weighted by Gasteiger charge is -2.18. The highest BCUT2D eigenvalue weighted by molar-refractivity contribution is 7.09. The molecule has 3 heterocycles. The van der Waals surface area contributed by atoms with Gasteiger partial charge in [0.25, 0.3) is 0 Å². The van der Waals surface area contributed by atoms with Gasteiger partial charge in [-0.3, -0.25) is 0 Å². The van der Waals surface area contributed by atoms with E-state index in [1.54, 1.807) is 7.11 Å². The van der Waals surface area contributed by atoms with Gasteiger partial charge in [0.1, 0.15) is 12.4 Å². The molecule has 0 radical (unpaired) electrons. The molecule has 1 N–H and O–H groups in total. The predicted molar refractivity (Wildman–Crippen MR) is 88.4 cm³/mol. The minimum atomic E-state index is 0.450. The topological polar surface area (TPSA) is 63.2 Å². The Morgan fingerprint density at radius 1 is 1.27 bits per heavy atom. The molecule has 2 aromatic rings. The van der Waals surface area contributed by atoms with Crippen LogP contribution in [0, 0.1) is 6.92 Å². The SMILES string of the molecule is COCc1nsc(NCc2cc(C)nc(N3CCCC3)c2)n1. The Hall–Kier alpha value is -1.73. The first-order valence-corrected chi connectivity index (χ1v) is 8.30. The van der Waals surface area contributed by atoms with Crippen LogP contribution in [0.2, 0.25) is 0 Å². The summed E-state index contributed by atoms with van der Waals surface area (Å²) in [5.41, 5.74) is 2.27. The molecule has 0 spiro atoms. The van der Waals surface area contributed by atoms with Crippen molar-refractivity contribution in [3.63, 3.8) is 0 Å². The molecule has 1 aliphatic heterocycles. The number of ether oxygens (including phenoxy) is 1. The Labute approximate surface area is 134 Å². The monoisotopic (exact) mass is 319 g/mol. The standard InChI is InChI=1S/C15H21N5OS/c1-11-7-12(8-14(17-11)20-5-3-4-6-20)9-16-15-18-13(10-21-2)19-22-15/h7-8H,3-6,9-10H2,1-2H3,(H,16,18,19). The number of aromatic nitrogens is 3. The number of hydrogen-bond acceptors (Lipinski definition) is 7. The summed E-state index contributed by atoms with van der Waals surface area (Å²) in [4.78, 5) is 11.4. The summed E-state index contributed by atoms with van der Waals surface area (Å²) in [5, 5.41) is 4.15. The van der Waals surface area contributed by atoms with E-state index >= 15 is 0 Å². The molecule has 6 nitrogen and oxygen atoms in total. The molecule has 1 saturated heterocycles. The maximum absolute atomic E-state index is 5.03. The van der Waals surface area contributed by atoms with Crippen molar-refractivity contribution in [1.82, 2.24) is 14.3 Å². The van der Waals surface area contributed by atoms with Crippen LogP contribution in [0.3, 0.4) is 0 Å². The van der Waals surface area contributed by atoms with Gasteiger partial charge in [-0.15, -0.1) is 0 Å². The van der Waals surface area contributed by atoms with Crippen LogP contribution in [-0.2, 0) is 17.9 Å². The summed E-state index contributed by atoms with van der Waals surface area (Å²) in [6.07, 6.45) is 2.52. The van der Waals surface area contributed by atoms with E-state index in [1.807, 2.05) is 6.92 Å². The molecule has 2 aromatic heterocycles. The van der Waals surface area contributed by atoms with Gasteiger partial charge < -0.3 is 15.0 Å². The third-order valence-electron chi connectivity index (χ3n) is 3.62. The molecule has 1 fully saturated rings. The molecule has 3 rings (SSSR count). The van der Waals surface area contributed by atoms with Crippen molar-refractivity contribution >= 4 is 22.5 Å². The van der Waals surface area contributed by atoms with Gasteiger partial charge in [0.05, 0.1) is 0 Å². The second-order valence-electron chi connectivity index (χ2n) is 5.47. The summed E-state index contributed by atoms with van der Waals surface area (Å²) in [6.45, 7) is 5.45. The number of methoxy groups -OCH3 is 1. The highest BCUT2D eigenvalue weighted by Crippen LogP contribution is 2.21. The fourth-order valence-electron chi connectivity index (χ4n) is 2.62. The molecule has 1 aliphatic rings. The van der Waals surface area contributed by atoms with Gasteiger partial charge >= 0.3 is 0 Å². The zero-order valence-corrected chi connectivity index (χ0v) is 13.8. The van der Waals surface area contributed by atoms with Gasteiger partial charge in [-0.1, -0.05) is 0 Å². The summed E-state index contributed by atoms with van der Waals surface area (Å²) in [7, 11) is 1.65. The lowest BCUT2D eigenvalue weighted by molar-refractivity contribution is 0.179. The van der Waals surface area contributed by atoms with Gasteiger partial charge in [-0.25, -0.2) is 9.97 Å². The van der Waals surface area contributed by atoms with Crippen molar-refractivity contribution in [1.29, 1.82) is 0 Å². The minimum absolute atomic E-state index is 0.450. The summed E-state index contributed by atoms with van der Waals surface area (Å²) < 4.78 is 9.27. The molecule has 118 valence electrons. The van der Waals surface area contributed by atoms with Crippen LogP contribution < -0.4 is 10.2 Å². The van der Waals surface area contributed by atoms with Crippen molar-refractivity contribution in [3.8, 4) is 0 Å². The van der Waals surface area contributed by atoms with E-state index in [0.717, 1.165) is 42.1 Å². The van der Waals surface area contributed by atoms with E-state index in [0.29, 0.717) is 6.61 Å². The van der Waals surface area contributed by atoms with Crippen molar-refractivity contribution in [3.05, 3.63) is 29.2 Å². The third-order valence-corrected chi connectivity index (χ3v) is 4.33. The Bertz CT molecular complexity index is 624. The van der Waals surface area contributed by atoms with E-state index in [-0.39, 0.29) is 0 Å². The lowest BCUT2D eigenvalue weighted by atomic mass is 10.2. The number of aryl methyl sites for hydroxylation is 1. The van der Waals surface area contributed by atoms with Crippen molar-refractivity contribution in [2.45, 2.75) is 32.9 Å². The smallest absolute Gasteiger partial charge is 0.202 e. The molecule has 0 atom stereocenters. The fourth-order valence-corrected chi connectivity index (χ4v) is 3.19. The van der Waals surface area contributed by atoms with Crippen LogP contribution in [0.1, 0.15) is 29.9 Å². The summed E-state index contributed by atoms with van der Waals surface area (Å²) >= 11 is 1.36. The normalized spacial score (nSPS) is 14.5. The number of hydrogen-bond donors (Lipinski definition) is 1. The molecule has 7 heteroatoms. The van der Waals surface area contributed by atoms with Crippen LogP contribution in [0.15, 0.2) is 12.1 Å². The maximum atomic E-state index is 5.03. The van der Waals surface area contributed by atoms with Crippen LogP contribution >= 0.6 is 11.5 Å². The van der Waals surface area contributed by atoms with Gasteiger partial charge in [0.15, 0.2) is 5.82 Å². The second kappa shape index (κ2) is 7.02. The molecular formula is C15H21N5OS. The fraction of sp³-hybridized carbons (Fsp3) is 0.533. The highest BCUT2D eigenvalue weighted by atomic mass is 32.1. The second-order valence-corrected chi connectivity index (χ2v) is 6.22. The summed E-state index contributed by atoms with van der Waals surface area (Å²) in [6, 6.07) is 4.28. The Morgan fingerprint density at radius 2 is 2.09 bits per heavy atom. The van der Waals surface area contributed by atoms with Crippen LogP contribution in [0.5, 0.6) is 0 Å². The minimum Gasteiger partial charge on any atom is -0.377 e. The molecule has 0 aromatic carbocycles. The first-order valence-electron chi connectivity index (χ1n) is 7.52.